The normalized spacial score (nSPS) is 12.0. The molecule has 1 atom stereocenters. The predicted molar refractivity (Wildman–Crippen MR) is 79.9 cm³/mol. The molecule has 1 N–H and O–H groups in total. The third kappa shape index (κ3) is 3.66. The van der Waals surface area contributed by atoms with Crippen LogP contribution in [-0.4, -0.2) is 0 Å². The van der Waals surface area contributed by atoms with E-state index < -0.39 is 0 Å². The number of benzene rings is 1. The maximum Gasteiger partial charge on any atom is 0.0641 e. The number of hydrogen-bond donors (Lipinski definition) is 1. The summed E-state index contributed by atoms with van der Waals surface area (Å²) in [5, 5.41) is 14.6. The molecular formula is C16H18N2S. The first kappa shape index (κ1) is 13.8. The fraction of sp³-hybridized carbons (Fsp3) is 0.312. The molecule has 0 amide bonds. The van der Waals surface area contributed by atoms with Gasteiger partial charge in [-0.3, -0.25) is 0 Å². The van der Waals surface area contributed by atoms with E-state index >= 15 is 0 Å². The van der Waals surface area contributed by atoms with Crippen molar-refractivity contribution < 1.29 is 0 Å². The van der Waals surface area contributed by atoms with Crippen molar-refractivity contribution in [1.82, 2.24) is 5.32 Å². The van der Waals surface area contributed by atoms with E-state index in [2.05, 4.69) is 41.9 Å². The SMILES string of the molecule is CCc1ccsc1CNC(CC#N)c1ccccc1. The molecule has 0 radical (unpaired) electrons. The van der Waals surface area contributed by atoms with Crippen LogP contribution in [0.1, 0.15) is 35.4 Å². The second-order valence-electron chi connectivity index (χ2n) is 4.43. The Morgan fingerprint density at radius 1 is 1.26 bits per heavy atom. The van der Waals surface area contributed by atoms with Crippen molar-refractivity contribution in [2.24, 2.45) is 0 Å². The van der Waals surface area contributed by atoms with E-state index in [4.69, 9.17) is 5.26 Å². The highest BCUT2D eigenvalue weighted by molar-refractivity contribution is 7.10. The monoisotopic (exact) mass is 270 g/mol. The molecule has 0 aliphatic carbocycles. The van der Waals surface area contributed by atoms with Crippen LogP contribution in [0.4, 0.5) is 0 Å². The van der Waals surface area contributed by atoms with Gasteiger partial charge in [-0.05, 0) is 29.0 Å². The van der Waals surface area contributed by atoms with Gasteiger partial charge in [-0.15, -0.1) is 11.3 Å². The lowest BCUT2D eigenvalue weighted by atomic mass is 10.0. The highest BCUT2D eigenvalue weighted by atomic mass is 32.1. The van der Waals surface area contributed by atoms with Crippen LogP contribution in [0.25, 0.3) is 0 Å². The summed E-state index contributed by atoms with van der Waals surface area (Å²) < 4.78 is 0. The fourth-order valence-corrected chi connectivity index (χ4v) is 3.06. The molecule has 0 saturated carbocycles. The molecule has 0 saturated heterocycles. The van der Waals surface area contributed by atoms with Gasteiger partial charge in [-0.25, -0.2) is 0 Å². The van der Waals surface area contributed by atoms with Crippen molar-refractivity contribution in [1.29, 1.82) is 5.26 Å². The van der Waals surface area contributed by atoms with Crippen molar-refractivity contribution in [2.75, 3.05) is 0 Å². The average molecular weight is 270 g/mol. The lowest BCUT2D eigenvalue weighted by Gasteiger charge is -2.16. The van der Waals surface area contributed by atoms with Crippen molar-refractivity contribution in [2.45, 2.75) is 32.4 Å². The molecule has 0 bridgehead atoms. The van der Waals surface area contributed by atoms with Crippen LogP contribution >= 0.6 is 11.3 Å². The van der Waals surface area contributed by atoms with Gasteiger partial charge in [0.1, 0.15) is 0 Å². The largest absolute Gasteiger partial charge is 0.304 e. The van der Waals surface area contributed by atoms with Crippen LogP contribution in [0.2, 0.25) is 0 Å². The molecule has 2 nitrogen and oxygen atoms in total. The number of thiophene rings is 1. The van der Waals surface area contributed by atoms with Gasteiger partial charge < -0.3 is 5.32 Å². The minimum atomic E-state index is 0.109. The van der Waals surface area contributed by atoms with Gasteiger partial charge in [-0.1, -0.05) is 37.3 Å². The Morgan fingerprint density at radius 3 is 2.74 bits per heavy atom. The lowest BCUT2D eigenvalue weighted by molar-refractivity contribution is 0.544. The maximum atomic E-state index is 8.97. The molecule has 0 aliphatic rings. The molecule has 19 heavy (non-hydrogen) atoms. The summed E-state index contributed by atoms with van der Waals surface area (Å²) in [5.74, 6) is 0. The van der Waals surface area contributed by atoms with Gasteiger partial charge in [0.05, 0.1) is 12.5 Å². The number of nitrogens with one attached hydrogen (secondary N) is 1. The van der Waals surface area contributed by atoms with Crippen LogP contribution < -0.4 is 5.32 Å². The number of hydrogen-bond acceptors (Lipinski definition) is 3. The van der Waals surface area contributed by atoms with E-state index in [1.165, 1.54) is 16.0 Å². The van der Waals surface area contributed by atoms with E-state index in [0.29, 0.717) is 6.42 Å². The van der Waals surface area contributed by atoms with Crippen molar-refractivity contribution in [3.8, 4) is 6.07 Å². The molecule has 2 aromatic rings. The quantitative estimate of drug-likeness (QED) is 0.859. The Labute approximate surface area is 118 Å². The standard InChI is InChI=1S/C16H18N2S/c1-2-13-9-11-19-16(13)12-18-15(8-10-17)14-6-4-3-5-7-14/h3-7,9,11,15,18H,2,8,12H2,1H3. The minimum Gasteiger partial charge on any atom is -0.304 e. The van der Waals surface area contributed by atoms with Crippen LogP contribution in [0, 0.1) is 11.3 Å². The maximum absolute atomic E-state index is 8.97. The topological polar surface area (TPSA) is 35.8 Å². The lowest BCUT2D eigenvalue weighted by Crippen LogP contribution is -2.20. The van der Waals surface area contributed by atoms with Gasteiger partial charge in [0.25, 0.3) is 0 Å². The van der Waals surface area contributed by atoms with Gasteiger partial charge in [0, 0.05) is 17.5 Å². The van der Waals surface area contributed by atoms with E-state index in [1.807, 2.05) is 18.2 Å². The minimum absolute atomic E-state index is 0.109. The molecule has 0 aliphatic heterocycles. The van der Waals surface area contributed by atoms with Crippen LogP contribution in [0.15, 0.2) is 41.8 Å². The Morgan fingerprint density at radius 2 is 2.05 bits per heavy atom. The molecule has 1 heterocycles. The first-order valence-corrected chi connectivity index (χ1v) is 7.43. The van der Waals surface area contributed by atoms with E-state index in [1.54, 1.807) is 11.3 Å². The van der Waals surface area contributed by atoms with Crippen LogP contribution in [0.3, 0.4) is 0 Å². The number of rotatable bonds is 6. The summed E-state index contributed by atoms with van der Waals surface area (Å²) >= 11 is 1.78. The zero-order valence-electron chi connectivity index (χ0n) is 11.1. The summed E-state index contributed by atoms with van der Waals surface area (Å²) in [5.41, 5.74) is 2.58. The summed E-state index contributed by atoms with van der Waals surface area (Å²) in [6.07, 6.45) is 1.56. The average Bonchev–Trinajstić information content (AvgIpc) is 2.92. The molecule has 0 spiro atoms. The third-order valence-corrected chi connectivity index (χ3v) is 4.19. The van der Waals surface area contributed by atoms with Gasteiger partial charge >= 0.3 is 0 Å². The van der Waals surface area contributed by atoms with E-state index in [9.17, 15) is 0 Å². The summed E-state index contributed by atoms with van der Waals surface area (Å²) in [6.45, 7) is 3.01. The summed E-state index contributed by atoms with van der Waals surface area (Å²) in [7, 11) is 0. The second-order valence-corrected chi connectivity index (χ2v) is 5.43. The van der Waals surface area contributed by atoms with Gasteiger partial charge in [-0.2, -0.15) is 5.26 Å². The van der Waals surface area contributed by atoms with Crippen molar-refractivity contribution in [3.63, 3.8) is 0 Å². The van der Waals surface area contributed by atoms with Crippen LogP contribution in [-0.2, 0) is 13.0 Å². The van der Waals surface area contributed by atoms with E-state index in [0.717, 1.165) is 13.0 Å². The predicted octanol–water partition coefficient (Wildman–Crippen LogP) is 4.06. The number of nitrogens with zero attached hydrogens (tertiary/aromatic N) is 1. The number of aryl methyl sites for hydroxylation is 1. The molecule has 1 unspecified atom stereocenters. The van der Waals surface area contributed by atoms with Crippen molar-refractivity contribution in [3.05, 3.63) is 57.8 Å². The van der Waals surface area contributed by atoms with Crippen molar-refractivity contribution >= 4 is 11.3 Å². The number of nitriles is 1. The highest BCUT2D eigenvalue weighted by Crippen LogP contribution is 2.21. The third-order valence-electron chi connectivity index (χ3n) is 3.22. The summed E-state index contributed by atoms with van der Waals surface area (Å²) in [4.78, 5) is 1.38. The Hall–Kier alpha value is -1.63. The molecular weight excluding hydrogens is 252 g/mol. The molecule has 98 valence electrons. The van der Waals surface area contributed by atoms with E-state index in [-0.39, 0.29) is 6.04 Å². The highest BCUT2D eigenvalue weighted by Gasteiger charge is 2.11. The molecule has 2 rings (SSSR count). The smallest absolute Gasteiger partial charge is 0.0641 e. The fourth-order valence-electron chi connectivity index (χ4n) is 2.14. The Kier molecular flexibility index (Phi) is 5.14. The first-order valence-electron chi connectivity index (χ1n) is 6.55. The molecule has 0 fully saturated rings. The second kappa shape index (κ2) is 7.08. The molecule has 1 aromatic heterocycles. The molecule has 3 heteroatoms. The zero-order valence-corrected chi connectivity index (χ0v) is 11.9. The zero-order chi connectivity index (χ0) is 13.5. The van der Waals surface area contributed by atoms with Crippen LogP contribution in [0.5, 0.6) is 0 Å². The Balaban J connectivity index is 2.04. The van der Waals surface area contributed by atoms with Gasteiger partial charge in [0.2, 0.25) is 0 Å². The Bertz CT molecular complexity index is 539. The molecule has 1 aromatic carbocycles. The summed E-state index contributed by atoms with van der Waals surface area (Å²) in [6, 6.07) is 14.7. The first-order chi connectivity index (χ1) is 9.35. The van der Waals surface area contributed by atoms with Gasteiger partial charge in [0.15, 0.2) is 0 Å².